The Balaban J connectivity index is 2.26. The fourth-order valence-corrected chi connectivity index (χ4v) is 1.97. The van der Waals surface area contributed by atoms with E-state index in [1.54, 1.807) is 24.4 Å². The number of carboxylic acid groups (broad SMARTS) is 1. The monoisotopic (exact) mass is 243 g/mol. The molecule has 0 bridgehead atoms. The van der Waals surface area contributed by atoms with E-state index in [9.17, 15) is 9.90 Å². The zero-order valence-corrected chi connectivity index (χ0v) is 9.14. The molecular weight excluding hydrogens is 234 g/mol. The fourth-order valence-electron chi connectivity index (χ4n) is 1.97. The molecule has 18 heavy (non-hydrogen) atoms. The first-order chi connectivity index (χ1) is 8.66. The summed E-state index contributed by atoms with van der Waals surface area (Å²) in [5.41, 5.74) is 2.00. The molecule has 4 N–H and O–H groups in total. The summed E-state index contributed by atoms with van der Waals surface area (Å²) < 4.78 is 0. The zero-order chi connectivity index (χ0) is 12.7. The van der Waals surface area contributed by atoms with Crippen molar-refractivity contribution >= 4 is 16.9 Å². The van der Waals surface area contributed by atoms with Crippen LogP contribution in [-0.2, 0) is 0 Å². The van der Waals surface area contributed by atoms with Crippen LogP contribution in [0.2, 0.25) is 0 Å². The van der Waals surface area contributed by atoms with Crippen molar-refractivity contribution in [2.24, 2.45) is 0 Å². The maximum atomic E-state index is 11.1. The van der Waals surface area contributed by atoms with Gasteiger partial charge in [-0.3, -0.25) is 5.10 Å². The van der Waals surface area contributed by atoms with Crippen LogP contribution >= 0.6 is 0 Å². The molecular formula is C12H9N3O3. The predicted octanol–water partition coefficient (Wildman–Crippen LogP) is 1.96. The molecule has 1 aromatic carbocycles. The van der Waals surface area contributed by atoms with Gasteiger partial charge in [0.25, 0.3) is 0 Å². The molecule has 3 aromatic rings. The smallest absolute Gasteiger partial charge is 0.339 e. The molecule has 0 saturated carbocycles. The highest BCUT2D eigenvalue weighted by Crippen LogP contribution is 2.31. The maximum absolute atomic E-state index is 11.1. The van der Waals surface area contributed by atoms with E-state index in [2.05, 4.69) is 15.2 Å². The van der Waals surface area contributed by atoms with Gasteiger partial charge in [-0.1, -0.05) is 0 Å². The lowest BCUT2D eigenvalue weighted by atomic mass is 10.1. The second-order valence-electron chi connectivity index (χ2n) is 3.90. The molecule has 0 unspecified atom stereocenters. The predicted molar refractivity (Wildman–Crippen MR) is 64.5 cm³/mol. The normalized spacial score (nSPS) is 10.9. The van der Waals surface area contributed by atoms with Crippen LogP contribution in [0.3, 0.4) is 0 Å². The Bertz CT molecular complexity index is 742. The molecule has 0 spiro atoms. The Morgan fingerprint density at radius 1 is 1.33 bits per heavy atom. The summed E-state index contributed by atoms with van der Waals surface area (Å²) in [6.45, 7) is 0. The van der Waals surface area contributed by atoms with Gasteiger partial charge in [-0.2, -0.15) is 5.10 Å². The number of nitrogens with zero attached hydrogens (tertiary/aromatic N) is 1. The summed E-state index contributed by atoms with van der Waals surface area (Å²) in [6.07, 6.45) is 2.96. The zero-order valence-electron chi connectivity index (χ0n) is 9.14. The number of phenolic OH excluding ortho intramolecular Hbond substituents is 1. The molecule has 0 radical (unpaired) electrons. The molecule has 6 nitrogen and oxygen atoms in total. The van der Waals surface area contributed by atoms with Crippen LogP contribution in [0.1, 0.15) is 10.4 Å². The standard InChI is InChI=1S/C12H9N3O3/c16-6-1-2-7-8(4-13-10(7)3-6)11-9(12(17)18)5-14-15-11/h1-5,13,16H,(H,14,15)(H,17,18). The van der Waals surface area contributed by atoms with Crippen molar-refractivity contribution in [2.45, 2.75) is 0 Å². The minimum absolute atomic E-state index is 0.115. The summed E-state index contributed by atoms with van der Waals surface area (Å²) >= 11 is 0. The molecule has 0 amide bonds. The van der Waals surface area contributed by atoms with Gasteiger partial charge in [0.05, 0.1) is 11.9 Å². The summed E-state index contributed by atoms with van der Waals surface area (Å²) in [7, 11) is 0. The number of aromatic carboxylic acids is 1. The minimum atomic E-state index is -1.04. The Labute approximate surface area is 101 Å². The van der Waals surface area contributed by atoms with Crippen LogP contribution < -0.4 is 0 Å². The van der Waals surface area contributed by atoms with E-state index < -0.39 is 5.97 Å². The van der Waals surface area contributed by atoms with Crippen LogP contribution in [0.25, 0.3) is 22.2 Å². The molecule has 0 aliphatic carbocycles. The lowest BCUT2D eigenvalue weighted by Crippen LogP contribution is -1.96. The summed E-state index contributed by atoms with van der Waals surface area (Å²) in [6, 6.07) is 4.86. The first-order valence-corrected chi connectivity index (χ1v) is 5.24. The number of rotatable bonds is 2. The third-order valence-corrected chi connectivity index (χ3v) is 2.80. The summed E-state index contributed by atoms with van der Waals surface area (Å²) in [5.74, 6) is -0.883. The number of carbonyl (C=O) groups is 1. The molecule has 0 atom stereocenters. The molecule has 2 heterocycles. The summed E-state index contributed by atoms with van der Waals surface area (Å²) in [4.78, 5) is 14.0. The quantitative estimate of drug-likeness (QED) is 0.552. The average molecular weight is 243 g/mol. The van der Waals surface area contributed by atoms with Crippen LogP contribution in [0.5, 0.6) is 5.75 Å². The molecule has 3 rings (SSSR count). The number of hydrogen-bond donors (Lipinski definition) is 4. The van der Waals surface area contributed by atoms with E-state index in [0.29, 0.717) is 11.3 Å². The van der Waals surface area contributed by atoms with Crippen molar-refractivity contribution in [3.05, 3.63) is 36.2 Å². The van der Waals surface area contributed by atoms with Crippen molar-refractivity contribution in [1.29, 1.82) is 0 Å². The number of benzene rings is 1. The number of fused-ring (bicyclic) bond motifs is 1. The largest absolute Gasteiger partial charge is 0.508 e. The summed E-state index contributed by atoms with van der Waals surface area (Å²) in [5, 5.41) is 25.7. The van der Waals surface area contributed by atoms with Crippen LogP contribution in [-0.4, -0.2) is 31.4 Å². The van der Waals surface area contributed by atoms with Crippen molar-refractivity contribution in [2.75, 3.05) is 0 Å². The second-order valence-corrected chi connectivity index (χ2v) is 3.90. The highest BCUT2D eigenvalue weighted by atomic mass is 16.4. The number of aromatic amines is 2. The Hall–Kier alpha value is -2.76. The van der Waals surface area contributed by atoms with Gasteiger partial charge in [0, 0.05) is 28.7 Å². The third kappa shape index (κ3) is 1.43. The van der Waals surface area contributed by atoms with Crippen molar-refractivity contribution in [3.63, 3.8) is 0 Å². The topological polar surface area (TPSA) is 102 Å². The second kappa shape index (κ2) is 3.63. The number of H-pyrrole nitrogens is 2. The van der Waals surface area contributed by atoms with Gasteiger partial charge in [-0.25, -0.2) is 4.79 Å². The van der Waals surface area contributed by atoms with Gasteiger partial charge in [0.15, 0.2) is 0 Å². The lowest BCUT2D eigenvalue weighted by Gasteiger charge is -1.98. The Morgan fingerprint density at radius 2 is 2.17 bits per heavy atom. The third-order valence-electron chi connectivity index (χ3n) is 2.80. The van der Waals surface area contributed by atoms with Crippen molar-refractivity contribution in [1.82, 2.24) is 15.2 Å². The molecule has 0 fully saturated rings. The van der Waals surface area contributed by atoms with Gasteiger partial charge in [0.1, 0.15) is 11.3 Å². The van der Waals surface area contributed by atoms with E-state index in [1.807, 2.05) is 0 Å². The minimum Gasteiger partial charge on any atom is -0.508 e. The van der Waals surface area contributed by atoms with E-state index in [0.717, 1.165) is 10.9 Å². The SMILES string of the molecule is O=C(O)c1cn[nH]c1-c1c[nH]c2cc(O)ccc12. The van der Waals surface area contributed by atoms with Crippen molar-refractivity contribution in [3.8, 4) is 17.0 Å². The highest BCUT2D eigenvalue weighted by Gasteiger charge is 2.17. The lowest BCUT2D eigenvalue weighted by molar-refractivity contribution is 0.0698. The van der Waals surface area contributed by atoms with Crippen molar-refractivity contribution < 1.29 is 15.0 Å². The molecule has 6 heteroatoms. The number of phenols is 1. The van der Waals surface area contributed by atoms with Crippen LogP contribution in [0.15, 0.2) is 30.6 Å². The van der Waals surface area contributed by atoms with Gasteiger partial charge < -0.3 is 15.2 Å². The number of aromatic nitrogens is 3. The van der Waals surface area contributed by atoms with Gasteiger partial charge >= 0.3 is 5.97 Å². The van der Waals surface area contributed by atoms with E-state index in [-0.39, 0.29) is 11.3 Å². The average Bonchev–Trinajstić information content (AvgIpc) is 2.92. The highest BCUT2D eigenvalue weighted by molar-refractivity contribution is 6.02. The van der Waals surface area contributed by atoms with E-state index in [4.69, 9.17) is 5.11 Å². The molecule has 0 saturated heterocycles. The van der Waals surface area contributed by atoms with Crippen LogP contribution in [0, 0.1) is 0 Å². The molecule has 0 aliphatic heterocycles. The van der Waals surface area contributed by atoms with E-state index in [1.165, 1.54) is 6.20 Å². The molecule has 2 aromatic heterocycles. The van der Waals surface area contributed by atoms with Gasteiger partial charge in [0.2, 0.25) is 0 Å². The molecule has 0 aliphatic rings. The first-order valence-electron chi connectivity index (χ1n) is 5.24. The maximum Gasteiger partial charge on any atom is 0.339 e. The number of hydrogen-bond acceptors (Lipinski definition) is 3. The van der Waals surface area contributed by atoms with E-state index >= 15 is 0 Å². The number of carboxylic acids is 1. The Morgan fingerprint density at radius 3 is 2.94 bits per heavy atom. The fraction of sp³-hybridized carbons (Fsp3) is 0. The Kier molecular flexibility index (Phi) is 2.09. The number of aromatic hydroxyl groups is 1. The number of nitrogens with one attached hydrogen (secondary N) is 2. The van der Waals surface area contributed by atoms with Gasteiger partial charge in [-0.05, 0) is 12.1 Å². The molecule has 90 valence electrons. The van der Waals surface area contributed by atoms with Gasteiger partial charge in [-0.15, -0.1) is 0 Å². The first kappa shape index (κ1) is 10.4. The van der Waals surface area contributed by atoms with Crippen LogP contribution in [0.4, 0.5) is 0 Å².